The van der Waals surface area contributed by atoms with Gasteiger partial charge >= 0.3 is 0 Å². The van der Waals surface area contributed by atoms with E-state index in [1.54, 1.807) is 11.0 Å². The van der Waals surface area contributed by atoms with Gasteiger partial charge in [-0.25, -0.2) is 17.9 Å². The Hall–Kier alpha value is -1.47. The van der Waals surface area contributed by atoms with Gasteiger partial charge in [0, 0.05) is 30.8 Å². The minimum absolute atomic E-state index is 0.0636. The van der Waals surface area contributed by atoms with Gasteiger partial charge in [0.15, 0.2) is 0 Å². The molecule has 0 aromatic heterocycles. The Balaban J connectivity index is 1.80. The largest absolute Gasteiger partial charge is 0.341 e. The molecule has 0 radical (unpaired) electrons. The maximum Gasteiger partial charge on any atom is 0.222 e. The number of likely N-dealkylation sites (tertiary alicyclic amines) is 1. The number of primary sulfonamides is 1. The van der Waals surface area contributed by atoms with E-state index in [9.17, 15) is 17.6 Å². The molecule has 132 valence electrons. The molecule has 1 saturated carbocycles. The fourth-order valence-corrected chi connectivity index (χ4v) is 5.15. The van der Waals surface area contributed by atoms with Crippen LogP contribution in [-0.2, 0) is 20.2 Å². The first kappa shape index (κ1) is 17.4. The Labute approximate surface area is 142 Å². The molecule has 7 heteroatoms. The third kappa shape index (κ3) is 3.62. The van der Waals surface area contributed by atoms with Crippen molar-refractivity contribution in [3.05, 3.63) is 35.6 Å². The van der Waals surface area contributed by atoms with Crippen LogP contribution in [0.15, 0.2) is 24.3 Å². The SMILES string of the molecule is NS(=O)(=O)CC1CC(=O)N(CC2(c3ccccc3F)CCCC2)C1. The van der Waals surface area contributed by atoms with E-state index in [1.807, 2.05) is 12.1 Å². The van der Waals surface area contributed by atoms with Gasteiger partial charge in [-0.05, 0) is 24.5 Å². The second kappa shape index (κ2) is 6.44. The highest BCUT2D eigenvalue weighted by molar-refractivity contribution is 7.89. The molecule has 1 aliphatic heterocycles. The number of nitrogens with zero attached hydrogens (tertiary/aromatic N) is 1. The van der Waals surface area contributed by atoms with Crippen molar-refractivity contribution < 1.29 is 17.6 Å². The molecule has 1 amide bonds. The summed E-state index contributed by atoms with van der Waals surface area (Å²) in [6.07, 6.45) is 3.91. The number of halogens is 1. The van der Waals surface area contributed by atoms with Crippen LogP contribution in [0.2, 0.25) is 0 Å². The van der Waals surface area contributed by atoms with E-state index >= 15 is 0 Å². The zero-order valence-corrected chi connectivity index (χ0v) is 14.4. The third-order valence-corrected chi connectivity index (χ3v) is 6.20. The van der Waals surface area contributed by atoms with Crippen molar-refractivity contribution in [3.8, 4) is 0 Å². The first-order valence-corrected chi connectivity index (χ1v) is 10.0. The van der Waals surface area contributed by atoms with Gasteiger partial charge in [0.2, 0.25) is 15.9 Å². The molecular formula is C17H23FN2O3S. The lowest BCUT2D eigenvalue weighted by Gasteiger charge is -2.34. The summed E-state index contributed by atoms with van der Waals surface area (Å²) in [5.74, 6) is -0.743. The van der Waals surface area contributed by atoms with Crippen LogP contribution in [0.25, 0.3) is 0 Å². The van der Waals surface area contributed by atoms with Crippen LogP contribution in [0.5, 0.6) is 0 Å². The van der Waals surface area contributed by atoms with Gasteiger partial charge in [-0.3, -0.25) is 4.79 Å². The fourth-order valence-electron chi connectivity index (χ4n) is 4.27. The second-order valence-electron chi connectivity index (χ2n) is 7.14. The Morgan fingerprint density at radius 1 is 1.25 bits per heavy atom. The standard InChI is InChI=1S/C17H23FN2O3S/c18-15-6-2-1-5-14(15)17(7-3-4-8-17)12-20-10-13(9-16(20)21)11-24(19,22)23/h1-2,5-6,13H,3-4,7-12H2,(H2,19,22,23). The summed E-state index contributed by atoms with van der Waals surface area (Å²) >= 11 is 0. The molecular weight excluding hydrogens is 331 g/mol. The van der Waals surface area contributed by atoms with Gasteiger partial charge < -0.3 is 4.90 Å². The molecule has 0 spiro atoms. The van der Waals surface area contributed by atoms with E-state index in [1.165, 1.54) is 6.07 Å². The minimum atomic E-state index is -3.59. The predicted octanol–water partition coefficient (Wildman–Crippen LogP) is 1.77. The summed E-state index contributed by atoms with van der Waals surface area (Å²) in [6, 6.07) is 6.77. The highest BCUT2D eigenvalue weighted by Crippen LogP contribution is 2.43. The summed E-state index contributed by atoms with van der Waals surface area (Å²) in [6.45, 7) is 0.833. The van der Waals surface area contributed by atoms with Crippen molar-refractivity contribution in [1.82, 2.24) is 4.90 Å². The Bertz CT molecular complexity index is 729. The van der Waals surface area contributed by atoms with Gasteiger partial charge in [-0.15, -0.1) is 0 Å². The van der Waals surface area contributed by atoms with Crippen molar-refractivity contribution in [2.24, 2.45) is 11.1 Å². The van der Waals surface area contributed by atoms with Gasteiger partial charge in [0.1, 0.15) is 5.82 Å². The van der Waals surface area contributed by atoms with E-state index in [-0.39, 0.29) is 35.2 Å². The van der Waals surface area contributed by atoms with Crippen molar-refractivity contribution in [1.29, 1.82) is 0 Å². The molecule has 1 aromatic carbocycles. The van der Waals surface area contributed by atoms with Gasteiger partial charge in [0.25, 0.3) is 0 Å². The molecule has 2 aliphatic rings. The lowest BCUT2D eigenvalue weighted by Crippen LogP contribution is -2.41. The smallest absolute Gasteiger partial charge is 0.222 e. The molecule has 1 saturated heterocycles. The number of rotatable bonds is 5. The maximum atomic E-state index is 14.4. The number of hydrogen-bond acceptors (Lipinski definition) is 3. The summed E-state index contributed by atoms with van der Waals surface area (Å²) in [5.41, 5.74) is 0.308. The quantitative estimate of drug-likeness (QED) is 0.875. The van der Waals surface area contributed by atoms with E-state index in [2.05, 4.69) is 0 Å². The van der Waals surface area contributed by atoms with Crippen molar-refractivity contribution >= 4 is 15.9 Å². The van der Waals surface area contributed by atoms with Gasteiger partial charge in [-0.1, -0.05) is 31.0 Å². The molecule has 1 atom stereocenters. The minimum Gasteiger partial charge on any atom is -0.341 e. The van der Waals surface area contributed by atoms with Crippen molar-refractivity contribution in [2.75, 3.05) is 18.8 Å². The highest BCUT2D eigenvalue weighted by Gasteiger charge is 2.42. The molecule has 3 rings (SSSR count). The zero-order valence-electron chi connectivity index (χ0n) is 13.6. The molecule has 24 heavy (non-hydrogen) atoms. The zero-order chi connectivity index (χ0) is 17.4. The molecule has 1 aromatic rings. The molecule has 1 aliphatic carbocycles. The van der Waals surface area contributed by atoms with Crippen LogP contribution in [0.1, 0.15) is 37.7 Å². The summed E-state index contributed by atoms with van der Waals surface area (Å²) in [5, 5.41) is 5.10. The average Bonchev–Trinajstić information content (AvgIpc) is 3.06. The maximum absolute atomic E-state index is 14.4. The number of nitrogens with two attached hydrogens (primary N) is 1. The molecule has 0 bridgehead atoms. The van der Waals surface area contributed by atoms with E-state index in [4.69, 9.17) is 5.14 Å². The van der Waals surface area contributed by atoms with E-state index in [0.717, 1.165) is 25.7 Å². The number of benzene rings is 1. The Morgan fingerprint density at radius 2 is 1.92 bits per heavy atom. The molecule has 2 N–H and O–H groups in total. The second-order valence-corrected chi connectivity index (χ2v) is 8.80. The lowest BCUT2D eigenvalue weighted by molar-refractivity contribution is -0.128. The first-order valence-electron chi connectivity index (χ1n) is 8.32. The number of sulfonamides is 1. The van der Waals surface area contributed by atoms with E-state index in [0.29, 0.717) is 18.7 Å². The third-order valence-electron chi connectivity index (χ3n) is 5.26. The topological polar surface area (TPSA) is 80.5 Å². The monoisotopic (exact) mass is 354 g/mol. The van der Waals surface area contributed by atoms with Crippen LogP contribution in [-0.4, -0.2) is 38.1 Å². The highest BCUT2D eigenvalue weighted by atomic mass is 32.2. The Kier molecular flexibility index (Phi) is 4.66. The first-order chi connectivity index (χ1) is 11.3. The summed E-state index contributed by atoms with van der Waals surface area (Å²) in [7, 11) is -3.59. The van der Waals surface area contributed by atoms with Crippen LogP contribution < -0.4 is 5.14 Å². The van der Waals surface area contributed by atoms with Crippen LogP contribution >= 0.6 is 0 Å². The van der Waals surface area contributed by atoms with Crippen molar-refractivity contribution in [2.45, 2.75) is 37.5 Å². The van der Waals surface area contributed by atoms with Gasteiger partial charge in [0.05, 0.1) is 5.75 Å². The summed E-state index contributed by atoms with van der Waals surface area (Å²) < 4.78 is 36.9. The fraction of sp³-hybridized carbons (Fsp3) is 0.588. The predicted molar refractivity (Wildman–Crippen MR) is 89.2 cm³/mol. The molecule has 2 fully saturated rings. The van der Waals surface area contributed by atoms with Crippen LogP contribution in [0, 0.1) is 11.7 Å². The number of carbonyl (C=O) groups is 1. The van der Waals surface area contributed by atoms with Crippen LogP contribution in [0.3, 0.4) is 0 Å². The average molecular weight is 354 g/mol. The van der Waals surface area contributed by atoms with Crippen LogP contribution in [0.4, 0.5) is 4.39 Å². The summed E-state index contributed by atoms with van der Waals surface area (Å²) in [4.78, 5) is 14.0. The number of carbonyl (C=O) groups excluding carboxylic acids is 1. The normalized spacial score (nSPS) is 23.8. The molecule has 5 nitrogen and oxygen atoms in total. The lowest BCUT2D eigenvalue weighted by atomic mass is 9.78. The molecule has 1 heterocycles. The number of amides is 1. The van der Waals surface area contributed by atoms with Crippen molar-refractivity contribution in [3.63, 3.8) is 0 Å². The van der Waals surface area contributed by atoms with E-state index < -0.39 is 10.0 Å². The number of hydrogen-bond donors (Lipinski definition) is 1. The Morgan fingerprint density at radius 3 is 2.54 bits per heavy atom. The molecule has 1 unspecified atom stereocenters. The van der Waals surface area contributed by atoms with Gasteiger partial charge in [-0.2, -0.15) is 0 Å².